The Morgan fingerprint density at radius 1 is 1.15 bits per heavy atom. The highest BCUT2D eigenvalue weighted by atomic mass is 19.4. The molecule has 1 aliphatic rings. The van der Waals surface area contributed by atoms with Gasteiger partial charge in [-0.05, 0) is 12.5 Å². The molecule has 3 rings (SSSR count). The first-order valence-electron chi connectivity index (χ1n) is 7.52. The number of nitrogens with zero attached hydrogens (tertiary/aromatic N) is 4. The summed E-state index contributed by atoms with van der Waals surface area (Å²) in [7, 11) is 0. The monoisotopic (exact) mass is 373 g/mol. The van der Waals surface area contributed by atoms with Crippen molar-refractivity contribution in [3.63, 3.8) is 0 Å². The van der Waals surface area contributed by atoms with Gasteiger partial charge in [0.15, 0.2) is 17.5 Å². The Balaban J connectivity index is 1.83. The van der Waals surface area contributed by atoms with E-state index in [2.05, 4.69) is 20.3 Å². The Hall–Kier alpha value is -2.85. The van der Waals surface area contributed by atoms with Gasteiger partial charge >= 0.3 is 6.18 Å². The molecule has 2 aromatic heterocycles. The first-order chi connectivity index (χ1) is 12.3. The molecular weight excluding hydrogens is 361 g/mol. The number of alkyl halides is 3. The molecule has 0 bridgehead atoms. The topological polar surface area (TPSA) is 71.0 Å². The van der Waals surface area contributed by atoms with Crippen molar-refractivity contribution in [2.24, 2.45) is 0 Å². The molecule has 0 spiro atoms. The molecule has 0 atom stereocenters. The smallest absolute Gasteiger partial charge is 0.358 e. The van der Waals surface area contributed by atoms with E-state index in [4.69, 9.17) is 0 Å². The lowest BCUT2D eigenvalue weighted by atomic mass is 10.2. The fourth-order valence-electron chi connectivity index (χ4n) is 2.26. The zero-order chi connectivity index (χ0) is 18.9. The molecule has 26 heavy (non-hydrogen) atoms. The summed E-state index contributed by atoms with van der Waals surface area (Å²) in [5.41, 5.74) is -2.59. The number of halogens is 5. The minimum atomic E-state index is -4.78. The summed E-state index contributed by atoms with van der Waals surface area (Å²) in [5.74, 6) is -3.12. The first-order valence-corrected chi connectivity index (χ1v) is 7.52. The molecule has 11 heteroatoms. The van der Waals surface area contributed by atoms with Gasteiger partial charge in [-0.25, -0.2) is 18.7 Å². The molecule has 0 aromatic carbocycles. The number of rotatable bonds is 4. The SMILES string of the molecule is O=C(CNc1ncnc(-c2ncc(C(F)(F)F)cc2F)c1F)N1CCC1. The largest absolute Gasteiger partial charge is 0.417 e. The van der Waals surface area contributed by atoms with E-state index in [0.717, 1.165) is 12.7 Å². The van der Waals surface area contributed by atoms with Crippen molar-refractivity contribution < 1.29 is 26.7 Å². The summed E-state index contributed by atoms with van der Waals surface area (Å²) in [6, 6.07) is 0.213. The third kappa shape index (κ3) is 3.55. The van der Waals surface area contributed by atoms with Gasteiger partial charge in [-0.2, -0.15) is 13.2 Å². The highest BCUT2D eigenvalue weighted by molar-refractivity contribution is 5.81. The van der Waals surface area contributed by atoms with Crippen molar-refractivity contribution in [3.8, 4) is 11.4 Å². The highest BCUT2D eigenvalue weighted by Crippen LogP contribution is 2.32. The van der Waals surface area contributed by atoms with E-state index in [1.165, 1.54) is 0 Å². The fourth-order valence-corrected chi connectivity index (χ4v) is 2.26. The Kier molecular flexibility index (Phi) is 4.70. The Labute approximate surface area is 144 Å². The standard InChI is InChI=1S/C15H12F5N5O/c16-9-4-8(15(18,19)20)5-21-12(9)13-11(17)14(24-7-23-13)22-6-10(26)25-2-1-3-25/h4-5,7H,1-3,6H2,(H,22,23,24). The lowest BCUT2D eigenvalue weighted by Crippen LogP contribution is -2.44. The van der Waals surface area contributed by atoms with E-state index < -0.39 is 34.8 Å². The van der Waals surface area contributed by atoms with Crippen LogP contribution in [-0.4, -0.2) is 45.4 Å². The van der Waals surface area contributed by atoms with E-state index in [0.29, 0.717) is 19.3 Å². The van der Waals surface area contributed by atoms with Crippen LogP contribution in [0.3, 0.4) is 0 Å². The number of anilines is 1. The van der Waals surface area contributed by atoms with Crippen LogP contribution >= 0.6 is 0 Å². The molecule has 1 N–H and O–H groups in total. The summed E-state index contributed by atoms with van der Waals surface area (Å²) in [6.45, 7) is 1.02. The van der Waals surface area contributed by atoms with Gasteiger partial charge in [0.25, 0.3) is 0 Å². The van der Waals surface area contributed by atoms with Crippen LogP contribution in [0.4, 0.5) is 27.8 Å². The van der Waals surface area contributed by atoms with Crippen molar-refractivity contribution in [2.75, 3.05) is 25.0 Å². The lowest BCUT2D eigenvalue weighted by molar-refractivity contribution is -0.138. The number of hydrogen-bond donors (Lipinski definition) is 1. The third-order valence-corrected chi connectivity index (χ3v) is 3.80. The van der Waals surface area contributed by atoms with Crippen LogP contribution in [0.5, 0.6) is 0 Å². The molecule has 1 fully saturated rings. The molecule has 0 unspecified atom stereocenters. The second kappa shape index (κ2) is 6.81. The van der Waals surface area contributed by atoms with Crippen LogP contribution in [0.1, 0.15) is 12.0 Å². The van der Waals surface area contributed by atoms with Crippen molar-refractivity contribution in [2.45, 2.75) is 12.6 Å². The zero-order valence-corrected chi connectivity index (χ0v) is 13.1. The van der Waals surface area contributed by atoms with Crippen LogP contribution in [0.2, 0.25) is 0 Å². The van der Waals surface area contributed by atoms with Gasteiger partial charge < -0.3 is 10.2 Å². The van der Waals surface area contributed by atoms with E-state index in [9.17, 15) is 26.7 Å². The summed E-state index contributed by atoms with van der Waals surface area (Å²) in [6.07, 6.45) is -2.59. The maximum absolute atomic E-state index is 14.5. The average molecular weight is 373 g/mol. The van der Waals surface area contributed by atoms with Crippen molar-refractivity contribution in [1.29, 1.82) is 0 Å². The molecule has 6 nitrogen and oxygen atoms in total. The number of pyridine rings is 1. The Morgan fingerprint density at radius 2 is 1.88 bits per heavy atom. The van der Waals surface area contributed by atoms with Gasteiger partial charge in [-0.15, -0.1) is 0 Å². The van der Waals surface area contributed by atoms with Gasteiger partial charge in [0, 0.05) is 19.3 Å². The second-order valence-corrected chi connectivity index (χ2v) is 5.52. The zero-order valence-electron chi connectivity index (χ0n) is 13.1. The number of likely N-dealkylation sites (tertiary alicyclic amines) is 1. The molecule has 1 amide bonds. The summed E-state index contributed by atoms with van der Waals surface area (Å²) < 4.78 is 66.2. The number of carbonyl (C=O) groups excluding carboxylic acids is 1. The molecule has 0 aliphatic carbocycles. The van der Waals surface area contributed by atoms with Crippen molar-refractivity contribution in [1.82, 2.24) is 19.9 Å². The van der Waals surface area contributed by atoms with Crippen LogP contribution in [0, 0.1) is 11.6 Å². The molecule has 1 aliphatic heterocycles. The highest BCUT2D eigenvalue weighted by Gasteiger charge is 2.32. The van der Waals surface area contributed by atoms with E-state index in [1.807, 2.05) is 0 Å². The summed E-state index contributed by atoms with van der Waals surface area (Å²) >= 11 is 0. The maximum atomic E-state index is 14.5. The van der Waals surface area contributed by atoms with Crippen LogP contribution in [-0.2, 0) is 11.0 Å². The molecule has 0 saturated carbocycles. The Bertz CT molecular complexity index is 838. The number of amides is 1. The molecule has 138 valence electrons. The van der Waals surface area contributed by atoms with Gasteiger partial charge in [0.1, 0.15) is 17.7 Å². The van der Waals surface area contributed by atoms with Crippen molar-refractivity contribution >= 4 is 11.7 Å². The summed E-state index contributed by atoms with van der Waals surface area (Å²) in [5, 5.41) is 2.48. The first kappa shape index (κ1) is 18.0. The van der Waals surface area contributed by atoms with E-state index in [-0.39, 0.29) is 24.3 Å². The van der Waals surface area contributed by atoms with Gasteiger partial charge in [0.2, 0.25) is 5.91 Å². The van der Waals surface area contributed by atoms with Crippen molar-refractivity contribution in [3.05, 3.63) is 35.8 Å². The number of carbonyl (C=O) groups is 1. The second-order valence-electron chi connectivity index (χ2n) is 5.52. The van der Waals surface area contributed by atoms with E-state index >= 15 is 0 Å². The molecule has 3 heterocycles. The number of aromatic nitrogens is 3. The van der Waals surface area contributed by atoms with Crippen LogP contribution in [0.25, 0.3) is 11.4 Å². The maximum Gasteiger partial charge on any atom is 0.417 e. The van der Waals surface area contributed by atoms with Crippen LogP contribution in [0.15, 0.2) is 18.6 Å². The number of hydrogen-bond acceptors (Lipinski definition) is 5. The van der Waals surface area contributed by atoms with E-state index in [1.54, 1.807) is 4.90 Å². The Morgan fingerprint density at radius 3 is 2.46 bits per heavy atom. The average Bonchev–Trinajstić information content (AvgIpc) is 2.52. The summed E-state index contributed by atoms with van der Waals surface area (Å²) in [4.78, 5) is 23.8. The number of nitrogens with one attached hydrogen (secondary N) is 1. The predicted octanol–water partition coefficient (Wildman–Crippen LogP) is 2.48. The van der Waals surface area contributed by atoms with Crippen LogP contribution < -0.4 is 5.32 Å². The molecule has 0 radical (unpaired) electrons. The molecular formula is C15H12F5N5O. The fraction of sp³-hybridized carbons (Fsp3) is 0.333. The quantitative estimate of drug-likeness (QED) is 0.834. The minimum absolute atomic E-state index is 0.213. The third-order valence-electron chi connectivity index (χ3n) is 3.80. The normalized spacial score (nSPS) is 14.1. The van der Waals surface area contributed by atoms with Gasteiger partial charge in [0.05, 0.1) is 12.1 Å². The predicted molar refractivity (Wildman–Crippen MR) is 79.9 cm³/mol. The molecule has 1 saturated heterocycles. The molecule has 2 aromatic rings. The lowest BCUT2D eigenvalue weighted by Gasteiger charge is -2.30. The minimum Gasteiger partial charge on any atom is -0.358 e. The van der Waals surface area contributed by atoms with Gasteiger partial charge in [-0.1, -0.05) is 0 Å². The van der Waals surface area contributed by atoms with Gasteiger partial charge in [-0.3, -0.25) is 9.78 Å².